The Kier molecular flexibility index (Phi) is 4.20. The zero-order valence-electron chi connectivity index (χ0n) is 12.5. The summed E-state index contributed by atoms with van der Waals surface area (Å²) < 4.78 is 13.2. The van der Waals surface area contributed by atoms with Gasteiger partial charge in [-0.3, -0.25) is 10.1 Å². The Morgan fingerprint density at radius 2 is 2.36 bits per heavy atom. The van der Waals surface area contributed by atoms with Crippen molar-refractivity contribution in [1.29, 1.82) is 0 Å². The van der Waals surface area contributed by atoms with Crippen LogP contribution in [0.15, 0.2) is 30.4 Å². The average Bonchev–Trinajstić information content (AvgIpc) is 3.16. The van der Waals surface area contributed by atoms with Crippen LogP contribution in [0, 0.1) is 5.82 Å². The first-order chi connectivity index (χ1) is 10.7. The van der Waals surface area contributed by atoms with Crippen molar-refractivity contribution in [3.8, 4) is 0 Å². The number of carbonyl (C=O) groups excluding carboxylic acids is 1. The average molecular weight is 302 g/mol. The van der Waals surface area contributed by atoms with Gasteiger partial charge < -0.3 is 9.88 Å². The Hall–Kier alpha value is -2.21. The molecule has 116 valence electrons. The minimum Gasteiger partial charge on any atom is -0.342 e. The van der Waals surface area contributed by atoms with Gasteiger partial charge in [-0.2, -0.15) is 0 Å². The first-order valence-electron chi connectivity index (χ1n) is 7.50. The zero-order chi connectivity index (χ0) is 15.5. The lowest BCUT2D eigenvalue weighted by molar-refractivity contribution is -0.131. The smallest absolute Gasteiger partial charge is 0.243 e. The van der Waals surface area contributed by atoms with Crippen LogP contribution in [0.5, 0.6) is 0 Å². The molecule has 3 rings (SSSR count). The fraction of sp³-hybridized carbons (Fsp3) is 0.375. The molecule has 0 aliphatic carbocycles. The molecule has 0 saturated heterocycles. The highest BCUT2D eigenvalue weighted by Gasteiger charge is 2.22. The van der Waals surface area contributed by atoms with E-state index >= 15 is 0 Å². The summed E-state index contributed by atoms with van der Waals surface area (Å²) in [5.41, 5.74) is 1.43. The summed E-state index contributed by atoms with van der Waals surface area (Å²) in [6, 6.07) is 4.26. The third kappa shape index (κ3) is 3.01. The number of fused-ring (bicyclic) bond motifs is 1. The monoisotopic (exact) mass is 302 g/mol. The third-order valence-corrected chi connectivity index (χ3v) is 3.86. The second-order valence-electron chi connectivity index (χ2n) is 5.33. The molecular formula is C16H19FN4O. The Balaban J connectivity index is 1.66. The van der Waals surface area contributed by atoms with Crippen molar-refractivity contribution < 1.29 is 9.18 Å². The summed E-state index contributed by atoms with van der Waals surface area (Å²) in [5, 5.41) is 3.13. The zero-order valence-corrected chi connectivity index (χ0v) is 12.5. The van der Waals surface area contributed by atoms with E-state index in [9.17, 15) is 9.18 Å². The third-order valence-electron chi connectivity index (χ3n) is 3.86. The highest BCUT2D eigenvalue weighted by atomic mass is 19.1. The van der Waals surface area contributed by atoms with Gasteiger partial charge in [-0.1, -0.05) is 12.2 Å². The maximum Gasteiger partial charge on any atom is 0.243 e. The van der Waals surface area contributed by atoms with Crippen molar-refractivity contribution in [2.75, 3.05) is 19.6 Å². The van der Waals surface area contributed by atoms with E-state index in [4.69, 9.17) is 0 Å². The standard InChI is InChI=1S/C16H19FN4O/c1-2-21(16(22)13-4-3-8-18-13)9-7-15-19-12-6-5-11(17)10-14(12)20-15/h3-6,10,13,18H,2,7-9H2,1H3,(H,19,20)/t13-/m1/s1. The molecule has 0 fully saturated rings. The van der Waals surface area contributed by atoms with Gasteiger partial charge in [0, 0.05) is 26.1 Å². The van der Waals surface area contributed by atoms with E-state index in [1.165, 1.54) is 12.1 Å². The molecule has 5 nitrogen and oxygen atoms in total. The molecule has 6 heteroatoms. The van der Waals surface area contributed by atoms with Gasteiger partial charge in [0.15, 0.2) is 0 Å². The lowest BCUT2D eigenvalue weighted by atomic mass is 10.2. The summed E-state index contributed by atoms with van der Waals surface area (Å²) in [4.78, 5) is 21.7. The van der Waals surface area contributed by atoms with Crippen LogP contribution in [0.3, 0.4) is 0 Å². The number of hydrogen-bond donors (Lipinski definition) is 2. The molecule has 0 saturated carbocycles. The number of hydrogen-bond acceptors (Lipinski definition) is 3. The van der Waals surface area contributed by atoms with Crippen LogP contribution in [-0.4, -0.2) is 46.5 Å². The molecular weight excluding hydrogens is 283 g/mol. The van der Waals surface area contributed by atoms with Gasteiger partial charge in [0.05, 0.1) is 11.0 Å². The second-order valence-corrected chi connectivity index (χ2v) is 5.33. The van der Waals surface area contributed by atoms with E-state index < -0.39 is 0 Å². The van der Waals surface area contributed by atoms with Crippen molar-refractivity contribution in [1.82, 2.24) is 20.2 Å². The predicted molar refractivity (Wildman–Crippen MR) is 82.9 cm³/mol. The van der Waals surface area contributed by atoms with Gasteiger partial charge in [0.2, 0.25) is 5.91 Å². The number of imidazole rings is 1. The van der Waals surface area contributed by atoms with Crippen molar-refractivity contribution >= 4 is 16.9 Å². The Morgan fingerprint density at radius 1 is 1.50 bits per heavy atom. The molecule has 1 amide bonds. The van der Waals surface area contributed by atoms with E-state index in [1.54, 1.807) is 11.0 Å². The van der Waals surface area contributed by atoms with Crippen molar-refractivity contribution in [3.05, 3.63) is 42.0 Å². The van der Waals surface area contributed by atoms with Crippen molar-refractivity contribution in [2.45, 2.75) is 19.4 Å². The molecule has 1 atom stereocenters. The molecule has 1 aromatic carbocycles. The molecule has 22 heavy (non-hydrogen) atoms. The van der Waals surface area contributed by atoms with Crippen LogP contribution in [0.4, 0.5) is 4.39 Å². The summed E-state index contributed by atoms with van der Waals surface area (Å²) in [7, 11) is 0. The van der Waals surface area contributed by atoms with Crippen LogP contribution in [-0.2, 0) is 11.2 Å². The number of amides is 1. The summed E-state index contributed by atoms with van der Waals surface area (Å²) in [5.74, 6) is 0.562. The molecule has 0 bridgehead atoms. The largest absolute Gasteiger partial charge is 0.342 e. The number of carbonyl (C=O) groups is 1. The number of benzene rings is 1. The predicted octanol–water partition coefficient (Wildman–Crippen LogP) is 1.62. The topological polar surface area (TPSA) is 61.0 Å². The maximum atomic E-state index is 13.2. The van der Waals surface area contributed by atoms with Crippen molar-refractivity contribution in [2.24, 2.45) is 0 Å². The molecule has 2 aromatic rings. The highest BCUT2D eigenvalue weighted by Crippen LogP contribution is 2.13. The molecule has 1 aliphatic heterocycles. The number of nitrogens with one attached hydrogen (secondary N) is 2. The van der Waals surface area contributed by atoms with E-state index in [2.05, 4.69) is 15.3 Å². The van der Waals surface area contributed by atoms with Crippen LogP contribution >= 0.6 is 0 Å². The summed E-state index contributed by atoms with van der Waals surface area (Å²) >= 11 is 0. The van der Waals surface area contributed by atoms with Crippen LogP contribution in [0.25, 0.3) is 11.0 Å². The minimum atomic E-state index is -0.285. The van der Waals surface area contributed by atoms with E-state index in [1.807, 2.05) is 19.1 Å². The number of rotatable bonds is 5. The fourth-order valence-electron chi connectivity index (χ4n) is 2.65. The number of aromatic nitrogens is 2. The van der Waals surface area contributed by atoms with E-state index in [-0.39, 0.29) is 17.8 Å². The molecule has 1 aliphatic rings. The van der Waals surface area contributed by atoms with Gasteiger partial charge in [0.25, 0.3) is 0 Å². The van der Waals surface area contributed by atoms with Gasteiger partial charge >= 0.3 is 0 Å². The number of aromatic amines is 1. The SMILES string of the molecule is CCN(CCc1nc2ccc(F)cc2[nH]1)C(=O)[C@H]1C=CCN1. The van der Waals surface area contributed by atoms with Crippen LogP contribution in [0.1, 0.15) is 12.7 Å². The molecule has 2 heterocycles. The summed E-state index contributed by atoms with van der Waals surface area (Å²) in [6.07, 6.45) is 4.48. The first kappa shape index (κ1) is 14.7. The minimum absolute atomic E-state index is 0.0819. The lowest BCUT2D eigenvalue weighted by Crippen LogP contribution is -2.44. The normalized spacial score (nSPS) is 17.3. The Labute approximate surface area is 128 Å². The van der Waals surface area contributed by atoms with Gasteiger partial charge in [-0.15, -0.1) is 0 Å². The highest BCUT2D eigenvalue weighted by molar-refractivity contribution is 5.84. The van der Waals surface area contributed by atoms with Gasteiger partial charge in [-0.25, -0.2) is 9.37 Å². The number of H-pyrrole nitrogens is 1. The lowest BCUT2D eigenvalue weighted by Gasteiger charge is -2.23. The van der Waals surface area contributed by atoms with E-state index in [0.717, 1.165) is 17.9 Å². The Bertz CT molecular complexity index is 709. The number of likely N-dealkylation sites (N-methyl/N-ethyl adjacent to an activating group) is 1. The molecule has 1 aromatic heterocycles. The van der Waals surface area contributed by atoms with Crippen LogP contribution in [0.2, 0.25) is 0 Å². The molecule has 0 radical (unpaired) electrons. The molecule has 0 spiro atoms. The maximum absolute atomic E-state index is 13.2. The first-order valence-corrected chi connectivity index (χ1v) is 7.50. The van der Waals surface area contributed by atoms with Gasteiger partial charge in [0.1, 0.15) is 17.7 Å². The Morgan fingerprint density at radius 3 is 3.09 bits per heavy atom. The number of nitrogens with zero attached hydrogens (tertiary/aromatic N) is 2. The summed E-state index contributed by atoms with van der Waals surface area (Å²) in [6.45, 7) is 3.94. The van der Waals surface area contributed by atoms with Crippen molar-refractivity contribution in [3.63, 3.8) is 0 Å². The molecule has 2 N–H and O–H groups in total. The molecule has 0 unspecified atom stereocenters. The number of halogens is 1. The fourth-order valence-corrected chi connectivity index (χ4v) is 2.65. The quantitative estimate of drug-likeness (QED) is 0.825. The second kappa shape index (κ2) is 6.27. The van der Waals surface area contributed by atoms with Crippen LogP contribution < -0.4 is 5.32 Å². The van der Waals surface area contributed by atoms with Gasteiger partial charge in [-0.05, 0) is 25.1 Å². The van der Waals surface area contributed by atoms with E-state index in [0.29, 0.717) is 25.0 Å².